The number of carbonyl (C=O) groups is 2. The Labute approximate surface area is 208 Å². The van der Waals surface area contributed by atoms with Gasteiger partial charge >= 0.3 is 0 Å². The molecular formula is C27H28N2O5S. The molecule has 0 spiro atoms. The van der Waals surface area contributed by atoms with E-state index in [0.717, 1.165) is 23.3 Å². The van der Waals surface area contributed by atoms with Gasteiger partial charge in [0.05, 0.1) is 13.2 Å². The minimum absolute atomic E-state index is 0.00291. The van der Waals surface area contributed by atoms with Crippen LogP contribution in [0.3, 0.4) is 0 Å². The van der Waals surface area contributed by atoms with Crippen LogP contribution >= 0.6 is 11.3 Å². The molecule has 0 radical (unpaired) electrons. The molecule has 35 heavy (non-hydrogen) atoms. The van der Waals surface area contributed by atoms with Crippen molar-refractivity contribution in [3.8, 4) is 17.2 Å². The van der Waals surface area contributed by atoms with Crippen molar-refractivity contribution in [1.82, 2.24) is 9.80 Å². The molecule has 5 rings (SSSR count). The van der Waals surface area contributed by atoms with Crippen molar-refractivity contribution < 1.29 is 23.8 Å². The molecule has 2 aliphatic rings. The molecule has 1 unspecified atom stereocenters. The molecule has 0 saturated heterocycles. The van der Waals surface area contributed by atoms with Gasteiger partial charge in [-0.1, -0.05) is 12.1 Å². The Morgan fingerprint density at radius 2 is 1.89 bits per heavy atom. The summed E-state index contributed by atoms with van der Waals surface area (Å²) in [5.41, 5.74) is 2.65. The molecule has 2 aliphatic heterocycles. The lowest BCUT2D eigenvalue weighted by atomic mass is 9.93. The van der Waals surface area contributed by atoms with Crippen molar-refractivity contribution >= 4 is 23.2 Å². The summed E-state index contributed by atoms with van der Waals surface area (Å²) in [6, 6.07) is 14.7. The van der Waals surface area contributed by atoms with Gasteiger partial charge in [-0.05, 0) is 73.2 Å². The van der Waals surface area contributed by atoms with Gasteiger partial charge in [0.15, 0.2) is 11.5 Å². The number of methoxy groups -OCH3 is 1. The van der Waals surface area contributed by atoms with Crippen molar-refractivity contribution in [3.05, 3.63) is 75.5 Å². The van der Waals surface area contributed by atoms with Crippen LogP contribution in [-0.4, -0.2) is 54.6 Å². The van der Waals surface area contributed by atoms with Crippen LogP contribution in [0.5, 0.6) is 17.2 Å². The normalized spacial score (nSPS) is 16.2. The molecule has 0 aliphatic carbocycles. The zero-order chi connectivity index (χ0) is 24.5. The van der Waals surface area contributed by atoms with Crippen LogP contribution < -0.4 is 14.2 Å². The zero-order valence-corrected chi connectivity index (χ0v) is 20.8. The predicted octanol–water partition coefficient (Wildman–Crippen LogP) is 4.51. The second-order valence-corrected chi connectivity index (χ2v) is 9.91. The van der Waals surface area contributed by atoms with Crippen molar-refractivity contribution in [2.45, 2.75) is 32.4 Å². The summed E-state index contributed by atoms with van der Waals surface area (Å²) >= 11 is 1.73. The molecule has 2 aromatic carbocycles. The summed E-state index contributed by atoms with van der Waals surface area (Å²) < 4.78 is 16.1. The Morgan fingerprint density at radius 1 is 1.11 bits per heavy atom. The van der Waals surface area contributed by atoms with Crippen molar-refractivity contribution in [2.24, 2.45) is 0 Å². The highest BCUT2D eigenvalue weighted by molar-refractivity contribution is 7.10. The fraction of sp³-hybridized carbons (Fsp3) is 0.333. The molecule has 182 valence electrons. The maximum Gasteiger partial charge on any atom is 0.254 e. The third-order valence-corrected chi connectivity index (χ3v) is 7.52. The van der Waals surface area contributed by atoms with E-state index in [9.17, 15) is 9.59 Å². The SMILES string of the molecule is COc1ccc(C2c3ccsc3CCN2C(=O)CN(C(=O)c2ccc3c(c2)OCO3)C(C)C)cc1. The molecule has 3 aromatic rings. The van der Waals surface area contributed by atoms with Crippen LogP contribution in [0.15, 0.2) is 53.9 Å². The average molecular weight is 493 g/mol. The van der Waals surface area contributed by atoms with E-state index in [1.807, 2.05) is 43.0 Å². The number of rotatable bonds is 6. The topological polar surface area (TPSA) is 68.3 Å². The van der Waals surface area contributed by atoms with Gasteiger partial charge in [0.1, 0.15) is 12.3 Å². The molecule has 7 nitrogen and oxygen atoms in total. The first-order valence-electron chi connectivity index (χ1n) is 11.7. The van der Waals surface area contributed by atoms with Crippen LogP contribution in [-0.2, 0) is 11.2 Å². The number of ether oxygens (including phenoxy) is 3. The van der Waals surface area contributed by atoms with Crippen LogP contribution in [0.4, 0.5) is 0 Å². The number of fused-ring (bicyclic) bond motifs is 2. The number of hydrogen-bond donors (Lipinski definition) is 0. The molecule has 0 saturated carbocycles. The summed E-state index contributed by atoms with van der Waals surface area (Å²) in [4.78, 5) is 32.0. The second kappa shape index (κ2) is 9.62. The molecule has 1 aromatic heterocycles. The number of amides is 2. The highest BCUT2D eigenvalue weighted by Gasteiger charge is 2.34. The molecule has 0 bridgehead atoms. The lowest BCUT2D eigenvalue weighted by Crippen LogP contribution is -2.48. The summed E-state index contributed by atoms with van der Waals surface area (Å²) in [7, 11) is 1.64. The third kappa shape index (κ3) is 4.46. The average Bonchev–Trinajstić information content (AvgIpc) is 3.55. The first-order valence-corrected chi connectivity index (χ1v) is 12.5. The van der Waals surface area contributed by atoms with Gasteiger partial charge in [0.25, 0.3) is 5.91 Å². The van der Waals surface area contributed by atoms with Gasteiger partial charge in [-0.15, -0.1) is 11.3 Å². The van der Waals surface area contributed by atoms with E-state index in [4.69, 9.17) is 14.2 Å². The Balaban J connectivity index is 1.41. The number of benzene rings is 2. The molecular weight excluding hydrogens is 464 g/mol. The van der Waals surface area contributed by atoms with Crippen molar-refractivity contribution in [2.75, 3.05) is 27.0 Å². The van der Waals surface area contributed by atoms with Crippen LogP contribution in [0.1, 0.15) is 46.3 Å². The maximum absolute atomic E-state index is 13.7. The van der Waals surface area contributed by atoms with Gasteiger partial charge in [-0.3, -0.25) is 9.59 Å². The Hall–Kier alpha value is -3.52. The second-order valence-electron chi connectivity index (χ2n) is 8.91. The fourth-order valence-corrected chi connectivity index (χ4v) is 5.56. The van der Waals surface area contributed by atoms with Crippen molar-refractivity contribution in [3.63, 3.8) is 0 Å². The quantitative estimate of drug-likeness (QED) is 0.507. The van der Waals surface area contributed by atoms with E-state index in [2.05, 4.69) is 11.4 Å². The number of hydrogen-bond acceptors (Lipinski definition) is 6. The fourth-order valence-electron chi connectivity index (χ4n) is 4.65. The largest absolute Gasteiger partial charge is 0.497 e. The standard InChI is InChI=1S/C27H28N2O5S/c1-17(2)29(27(31)19-6-9-22-23(14-19)34-16-33-22)15-25(30)28-12-10-24-21(11-13-35-24)26(28)18-4-7-20(32-3)8-5-18/h4-9,11,13-14,17,26H,10,12,15-16H2,1-3H3. The summed E-state index contributed by atoms with van der Waals surface area (Å²) in [5.74, 6) is 1.65. The summed E-state index contributed by atoms with van der Waals surface area (Å²) in [6.45, 7) is 4.59. The van der Waals surface area contributed by atoms with Crippen LogP contribution in [0.2, 0.25) is 0 Å². The Kier molecular flexibility index (Phi) is 6.38. The van der Waals surface area contributed by atoms with Crippen molar-refractivity contribution in [1.29, 1.82) is 0 Å². The van der Waals surface area contributed by atoms with Crippen LogP contribution in [0.25, 0.3) is 0 Å². The van der Waals surface area contributed by atoms with Crippen LogP contribution in [0, 0.1) is 0 Å². The highest BCUT2D eigenvalue weighted by Crippen LogP contribution is 2.38. The number of nitrogens with zero attached hydrogens (tertiary/aromatic N) is 2. The zero-order valence-electron chi connectivity index (χ0n) is 20.0. The summed E-state index contributed by atoms with van der Waals surface area (Å²) in [6.07, 6.45) is 0.809. The maximum atomic E-state index is 13.7. The molecule has 3 heterocycles. The van der Waals surface area contributed by atoms with Gasteiger partial charge < -0.3 is 24.0 Å². The van der Waals surface area contributed by atoms with E-state index < -0.39 is 0 Å². The van der Waals surface area contributed by atoms with E-state index in [1.54, 1.807) is 41.5 Å². The number of thiophene rings is 1. The monoisotopic (exact) mass is 492 g/mol. The number of carbonyl (C=O) groups excluding carboxylic acids is 2. The van der Waals surface area contributed by atoms with E-state index in [-0.39, 0.29) is 37.2 Å². The molecule has 1 atom stereocenters. The molecule has 0 fully saturated rings. The third-order valence-electron chi connectivity index (χ3n) is 6.53. The smallest absolute Gasteiger partial charge is 0.254 e. The lowest BCUT2D eigenvalue weighted by molar-refractivity contribution is -0.134. The lowest BCUT2D eigenvalue weighted by Gasteiger charge is -2.38. The predicted molar refractivity (Wildman–Crippen MR) is 133 cm³/mol. The van der Waals surface area contributed by atoms with Gasteiger partial charge in [0, 0.05) is 23.0 Å². The first kappa shape index (κ1) is 23.2. The minimum Gasteiger partial charge on any atom is -0.497 e. The summed E-state index contributed by atoms with van der Waals surface area (Å²) in [5, 5.41) is 2.08. The Bertz CT molecular complexity index is 1240. The minimum atomic E-state index is -0.208. The van der Waals surface area contributed by atoms with Gasteiger partial charge in [-0.25, -0.2) is 0 Å². The molecule has 8 heteroatoms. The van der Waals surface area contributed by atoms with E-state index >= 15 is 0 Å². The highest BCUT2D eigenvalue weighted by atomic mass is 32.1. The van der Waals surface area contributed by atoms with E-state index in [1.165, 1.54) is 4.88 Å². The first-order chi connectivity index (χ1) is 17.0. The van der Waals surface area contributed by atoms with E-state index in [0.29, 0.717) is 23.6 Å². The molecule has 2 amide bonds. The van der Waals surface area contributed by atoms with Gasteiger partial charge in [0.2, 0.25) is 12.7 Å². The Morgan fingerprint density at radius 3 is 2.63 bits per heavy atom. The van der Waals surface area contributed by atoms with Gasteiger partial charge in [-0.2, -0.15) is 0 Å². The molecule has 0 N–H and O–H groups in total.